The molecule has 0 unspecified atom stereocenters. The molecule has 3 rings (SSSR count). The number of amides is 3. The van der Waals surface area contributed by atoms with Crippen molar-refractivity contribution in [2.75, 3.05) is 26.2 Å². The molecule has 0 saturated heterocycles. The Bertz CT molecular complexity index is 1610. The van der Waals surface area contributed by atoms with Gasteiger partial charge < -0.3 is 30.9 Å². The first-order chi connectivity index (χ1) is 24.2. The van der Waals surface area contributed by atoms with Crippen molar-refractivity contribution in [2.24, 2.45) is 16.6 Å². The van der Waals surface area contributed by atoms with Gasteiger partial charge in [0.1, 0.15) is 18.2 Å². The van der Waals surface area contributed by atoms with Crippen LogP contribution in [0.25, 0.3) is 11.1 Å². The van der Waals surface area contributed by atoms with Crippen LogP contribution >= 0.6 is 0 Å². The maximum Gasteiger partial charge on any atom is 0.248 e. The second-order valence-corrected chi connectivity index (χ2v) is 14.3. The number of nitrogens with two attached hydrogens (primary N) is 1. The fraction of sp³-hybridized carbons (Fsp3) is 0.475. The summed E-state index contributed by atoms with van der Waals surface area (Å²) < 4.78 is 31.2. The standard InChI is InChI=1S/C40H55F2N5O4/c1-7-18-40(8-2,9-3)24-35(49)44-19-20-45-38(51)33(43)17-21-47(36(50)27-48)37(39(4,5)6)34-22-29(31-23-30(41)15-16-32(31)42)26-46(34)25-28-13-11-10-12-14-28/h7,10-16,22-23,26,33,37,48H,1,8-9,17-21,24-25,27,43H2,2-6H3,(H,44,49)(H,45,51)/t33-,37-/m0/s1. The number of aliphatic hydroxyl groups excluding tert-OH is 1. The van der Waals surface area contributed by atoms with Gasteiger partial charge in [0.15, 0.2) is 0 Å². The van der Waals surface area contributed by atoms with Crippen LogP contribution in [-0.4, -0.2) is 64.6 Å². The van der Waals surface area contributed by atoms with Gasteiger partial charge >= 0.3 is 0 Å². The van der Waals surface area contributed by atoms with E-state index in [0.717, 1.165) is 43.0 Å². The molecule has 3 amide bonds. The van der Waals surface area contributed by atoms with Crippen molar-refractivity contribution in [1.29, 1.82) is 0 Å². The molecule has 2 atom stereocenters. The van der Waals surface area contributed by atoms with Crippen molar-refractivity contribution >= 4 is 17.7 Å². The molecule has 0 bridgehead atoms. The lowest BCUT2D eigenvalue weighted by Gasteiger charge is -2.41. The predicted molar refractivity (Wildman–Crippen MR) is 197 cm³/mol. The zero-order valence-corrected chi connectivity index (χ0v) is 30.7. The number of hydrogen-bond donors (Lipinski definition) is 4. The number of aromatic nitrogens is 1. The highest BCUT2D eigenvalue weighted by atomic mass is 19.1. The number of benzene rings is 2. The van der Waals surface area contributed by atoms with Crippen LogP contribution in [0.4, 0.5) is 8.78 Å². The van der Waals surface area contributed by atoms with Gasteiger partial charge in [0.25, 0.3) is 0 Å². The summed E-state index contributed by atoms with van der Waals surface area (Å²) in [6.45, 7) is 13.8. The Labute approximate surface area is 301 Å². The number of rotatable bonds is 19. The normalized spacial score (nSPS) is 13.0. The second-order valence-electron chi connectivity index (χ2n) is 14.3. The molecule has 2 aromatic carbocycles. The summed E-state index contributed by atoms with van der Waals surface area (Å²) in [5.74, 6) is -2.27. The van der Waals surface area contributed by atoms with E-state index in [2.05, 4.69) is 31.1 Å². The largest absolute Gasteiger partial charge is 0.387 e. The van der Waals surface area contributed by atoms with Crippen molar-refractivity contribution in [3.8, 4) is 11.1 Å². The molecule has 0 radical (unpaired) electrons. The van der Waals surface area contributed by atoms with Gasteiger partial charge in [0.05, 0.1) is 12.1 Å². The van der Waals surface area contributed by atoms with Crippen LogP contribution in [0.3, 0.4) is 0 Å². The third kappa shape index (κ3) is 11.3. The quantitative estimate of drug-likeness (QED) is 0.0883. The van der Waals surface area contributed by atoms with Crippen LogP contribution in [-0.2, 0) is 20.9 Å². The van der Waals surface area contributed by atoms with E-state index in [9.17, 15) is 23.9 Å². The lowest BCUT2D eigenvalue weighted by molar-refractivity contribution is -0.140. The maximum atomic E-state index is 15.0. The third-order valence-electron chi connectivity index (χ3n) is 9.61. The van der Waals surface area contributed by atoms with E-state index in [-0.39, 0.29) is 42.9 Å². The molecule has 0 spiro atoms. The third-order valence-corrected chi connectivity index (χ3v) is 9.61. The minimum Gasteiger partial charge on any atom is -0.387 e. The van der Waals surface area contributed by atoms with Crippen LogP contribution < -0.4 is 16.4 Å². The monoisotopic (exact) mass is 707 g/mol. The molecule has 51 heavy (non-hydrogen) atoms. The molecule has 11 heteroatoms. The van der Waals surface area contributed by atoms with Crippen molar-refractivity contribution < 1.29 is 28.3 Å². The highest BCUT2D eigenvalue weighted by molar-refractivity contribution is 5.82. The van der Waals surface area contributed by atoms with Gasteiger partial charge in [0, 0.05) is 55.6 Å². The smallest absolute Gasteiger partial charge is 0.248 e. The number of hydrogen-bond acceptors (Lipinski definition) is 5. The van der Waals surface area contributed by atoms with Crippen LogP contribution in [0.5, 0.6) is 0 Å². The molecule has 0 saturated carbocycles. The summed E-state index contributed by atoms with van der Waals surface area (Å²) in [4.78, 5) is 40.5. The summed E-state index contributed by atoms with van der Waals surface area (Å²) >= 11 is 0. The fourth-order valence-corrected chi connectivity index (χ4v) is 6.60. The summed E-state index contributed by atoms with van der Waals surface area (Å²) in [5, 5.41) is 15.7. The Morgan fingerprint density at radius 3 is 2.29 bits per heavy atom. The maximum absolute atomic E-state index is 15.0. The molecule has 1 aromatic heterocycles. The molecule has 0 aliphatic heterocycles. The van der Waals surface area contributed by atoms with E-state index in [4.69, 9.17) is 5.73 Å². The summed E-state index contributed by atoms with van der Waals surface area (Å²) in [6, 6.07) is 13.0. The number of nitrogens with zero attached hydrogens (tertiary/aromatic N) is 2. The van der Waals surface area contributed by atoms with E-state index >= 15 is 4.39 Å². The minimum atomic E-state index is -0.983. The van der Waals surface area contributed by atoms with Gasteiger partial charge in [-0.05, 0) is 66.3 Å². The predicted octanol–water partition coefficient (Wildman–Crippen LogP) is 6.11. The Morgan fingerprint density at radius 2 is 1.69 bits per heavy atom. The van der Waals surface area contributed by atoms with Gasteiger partial charge in [0.2, 0.25) is 17.7 Å². The Balaban J connectivity index is 1.81. The average molecular weight is 708 g/mol. The van der Waals surface area contributed by atoms with Crippen LogP contribution in [0, 0.1) is 22.5 Å². The lowest BCUT2D eigenvalue weighted by Crippen LogP contribution is -2.48. The number of halogens is 2. The van der Waals surface area contributed by atoms with E-state index in [1.807, 2.05) is 61.7 Å². The first-order valence-corrected chi connectivity index (χ1v) is 17.7. The van der Waals surface area contributed by atoms with E-state index in [1.54, 1.807) is 12.3 Å². The molecule has 0 aliphatic rings. The molecular formula is C40H55F2N5O4. The molecule has 0 aliphatic carbocycles. The molecule has 3 aromatic rings. The Hall–Kier alpha value is -4.35. The van der Waals surface area contributed by atoms with Gasteiger partial charge in [-0.15, -0.1) is 6.58 Å². The first kappa shape index (κ1) is 41.1. The number of carbonyl (C=O) groups excluding carboxylic acids is 3. The fourth-order valence-electron chi connectivity index (χ4n) is 6.60. The van der Waals surface area contributed by atoms with Crippen LogP contribution in [0.15, 0.2) is 73.4 Å². The van der Waals surface area contributed by atoms with Gasteiger partial charge in [-0.2, -0.15) is 0 Å². The Morgan fingerprint density at radius 1 is 1.02 bits per heavy atom. The van der Waals surface area contributed by atoms with Crippen LogP contribution in [0.2, 0.25) is 0 Å². The topological polar surface area (TPSA) is 130 Å². The first-order valence-electron chi connectivity index (χ1n) is 17.7. The highest BCUT2D eigenvalue weighted by Gasteiger charge is 2.37. The van der Waals surface area contributed by atoms with Gasteiger partial charge in [-0.1, -0.05) is 71.0 Å². The van der Waals surface area contributed by atoms with Crippen molar-refractivity contribution in [2.45, 2.75) is 85.4 Å². The SMILES string of the molecule is C=CCC(CC)(CC)CC(=O)NCCNC(=O)[C@@H](N)CCN(C(=O)CO)[C@@H](c1cc(-c2cc(F)ccc2F)cn1Cc1ccccc1)C(C)(C)C. The number of allylic oxidation sites excluding steroid dienone is 1. The summed E-state index contributed by atoms with van der Waals surface area (Å²) in [5.41, 5.74) is 7.66. The van der Waals surface area contributed by atoms with Crippen molar-refractivity contribution in [3.05, 3.63) is 96.3 Å². The van der Waals surface area contributed by atoms with E-state index in [0.29, 0.717) is 24.2 Å². The zero-order valence-electron chi connectivity index (χ0n) is 30.7. The van der Waals surface area contributed by atoms with Crippen molar-refractivity contribution in [1.82, 2.24) is 20.1 Å². The molecule has 9 nitrogen and oxygen atoms in total. The summed E-state index contributed by atoms with van der Waals surface area (Å²) in [7, 11) is 0. The van der Waals surface area contributed by atoms with Gasteiger partial charge in [-0.3, -0.25) is 14.4 Å². The number of carbonyl (C=O) groups is 3. The highest BCUT2D eigenvalue weighted by Crippen LogP contribution is 2.41. The van der Waals surface area contributed by atoms with Crippen LogP contribution in [0.1, 0.15) is 84.0 Å². The molecular weight excluding hydrogens is 652 g/mol. The second kappa shape index (κ2) is 18.8. The zero-order chi connectivity index (χ0) is 37.8. The lowest BCUT2D eigenvalue weighted by atomic mass is 9.76. The number of nitrogens with one attached hydrogen (secondary N) is 2. The molecule has 278 valence electrons. The van der Waals surface area contributed by atoms with Gasteiger partial charge in [-0.25, -0.2) is 8.78 Å². The van der Waals surface area contributed by atoms with E-state index < -0.39 is 47.6 Å². The molecule has 0 fully saturated rings. The van der Waals surface area contributed by atoms with E-state index in [1.165, 1.54) is 4.90 Å². The minimum absolute atomic E-state index is 0.0340. The van der Waals surface area contributed by atoms with Crippen molar-refractivity contribution in [3.63, 3.8) is 0 Å². The average Bonchev–Trinajstić information content (AvgIpc) is 3.50. The summed E-state index contributed by atoms with van der Waals surface area (Å²) in [6.07, 6.45) is 6.49. The molecule has 5 N–H and O–H groups in total. The molecule has 1 heterocycles. The number of aliphatic hydroxyl groups is 1. The Kier molecular flexibility index (Phi) is 15.1.